The Hall–Kier alpha value is -3.27. The molecule has 0 saturated carbocycles. The highest BCUT2D eigenvalue weighted by atomic mass is 32.1. The van der Waals surface area contributed by atoms with E-state index in [1.807, 2.05) is 27.8 Å². The minimum Gasteiger partial charge on any atom is -0.369 e. The van der Waals surface area contributed by atoms with Gasteiger partial charge in [-0.05, 0) is 36.4 Å². The molecule has 3 aromatic heterocycles. The highest BCUT2D eigenvalue weighted by Crippen LogP contribution is 2.23. The summed E-state index contributed by atoms with van der Waals surface area (Å²) >= 11 is 1.56. The number of rotatable bonds is 7. The Morgan fingerprint density at radius 3 is 2.97 bits per heavy atom. The molecule has 3 aromatic rings. The number of aromatic nitrogens is 3. The zero-order chi connectivity index (χ0) is 20.9. The number of hydrogen-bond acceptors (Lipinski definition) is 8. The molecule has 1 aliphatic rings. The first-order chi connectivity index (χ1) is 14.6. The smallest absolute Gasteiger partial charge is 0.227 e. The number of amides is 2. The first-order valence-corrected chi connectivity index (χ1v) is 10.7. The summed E-state index contributed by atoms with van der Waals surface area (Å²) in [5.41, 5.74) is 6.95. The number of thiophene rings is 1. The lowest BCUT2D eigenvalue weighted by molar-refractivity contribution is -0.122. The van der Waals surface area contributed by atoms with Gasteiger partial charge in [0, 0.05) is 36.9 Å². The molecule has 4 rings (SSSR count). The maximum Gasteiger partial charge on any atom is 0.227 e. The van der Waals surface area contributed by atoms with E-state index in [4.69, 9.17) is 10.3 Å². The van der Waals surface area contributed by atoms with Crippen molar-refractivity contribution in [3.05, 3.63) is 41.0 Å². The van der Waals surface area contributed by atoms with Crippen molar-refractivity contribution in [1.29, 1.82) is 0 Å². The van der Waals surface area contributed by atoms with Gasteiger partial charge in [0.1, 0.15) is 5.82 Å². The normalized spacial score (nSPS) is 16.4. The van der Waals surface area contributed by atoms with Crippen molar-refractivity contribution in [2.75, 3.05) is 23.3 Å². The summed E-state index contributed by atoms with van der Waals surface area (Å²) in [6.07, 6.45) is 3.91. The van der Waals surface area contributed by atoms with Crippen LogP contribution in [0.2, 0.25) is 0 Å². The summed E-state index contributed by atoms with van der Waals surface area (Å²) in [6, 6.07) is 5.56. The highest BCUT2D eigenvalue weighted by molar-refractivity contribution is 7.08. The Morgan fingerprint density at radius 2 is 2.23 bits per heavy atom. The van der Waals surface area contributed by atoms with Crippen LogP contribution in [0.3, 0.4) is 0 Å². The van der Waals surface area contributed by atoms with E-state index in [1.165, 1.54) is 0 Å². The molecule has 30 heavy (non-hydrogen) atoms. The molecule has 0 radical (unpaired) electrons. The van der Waals surface area contributed by atoms with Crippen molar-refractivity contribution in [3.63, 3.8) is 0 Å². The van der Waals surface area contributed by atoms with Gasteiger partial charge in [-0.15, -0.1) is 0 Å². The van der Waals surface area contributed by atoms with Gasteiger partial charge in [-0.3, -0.25) is 9.59 Å². The molecule has 2 amide bonds. The number of carbonyl (C=O) groups is 2. The van der Waals surface area contributed by atoms with Crippen LogP contribution in [-0.4, -0.2) is 40.0 Å². The summed E-state index contributed by atoms with van der Waals surface area (Å²) in [7, 11) is 0. The van der Waals surface area contributed by atoms with Gasteiger partial charge >= 0.3 is 0 Å². The number of nitrogens with one attached hydrogen (secondary N) is 1. The van der Waals surface area contributed by atoms with Crippen molar-refractivity contribution < 1.29 is 14.1 Å². The van der Waals surface area contributed by atoms with Gasteiger partial charge in [-0.25, -0.2) is 4.98 Å². The summed E-state index contributed by atoms with van der Waals surface area (Å²) in [5.74, 6) is 1.14. The first-order valence-electron chi connectivity index (χ1n) is 9.74. The van der Waals surface area contributed by atoms with E-state index in [9.17, 15) is 9.59 Å². The van der Waals surface area contributed by atoms with Crippen LogP contribution in [0.25, 0.3) is 11.4 Å². The number of piperidine rings is 1. The number of primary amides is 1. The molecule has 0 bridgehead atoms. The number of carbonyl (C=O) groups excluding carboxylic acids is 2. The molecule has 1 aliphatic heterocycles. The van der Waals surface area contributed by atoms with Gasteiger partial charge in [-0.2, -0.15) is 16.3 Å². The van der Waals surface area contributed by atoms with E-state index in [1.54, 1.807) is 23.6 Å². The van der Waals surface area contributed by atoms with Crippen LogP contribution in [0.1, 0.15) is 25.2 Å². The minimum absolute atomic E-state index is 0.148. The van der Waals surface area contributed by atoms with E-state index in [0.29, 0.717) is 30.4 Å². The lowest BCUT2D eigenvalue weighted by Gasteiger charge is -2.32. The summed E-state index contributed by atoms with van der Waals surface area (Å²) in [6.45, 7) is 1.41. The average molecular weight is 427 g/mol. The van der Waals surface area contributed by atoms with Gasteiger partial charge in [-0.1, -0.05) is 5.16 Å². The SMILES string of the molecule is NC(=O)C1CCCN(c2ccc(NC(=O)CCc3nc(-c4ccsc4)no3)cn2)C1. The van der Waals surface area contributed by atoms with Gasteiger partial charge in [0.05, 0.1) is 17.8 Å². The fourth-order valence-electron chi connectivity index (χ4n) is 3.37. The van der Waals surface area contributed by atoms with Crippen molar-refractivity contribution >= 4 is 34.7 Å². The molecule has 0 spiro atoms. The van der Waals surface area contributed by atoms with Crippen LogP contribution in [0.4, 0.5) is 11.5 Å². The zero-order valence-corrected chi connectivity index (χ0v) is 17.1. The molecule has 9 nitrogen and oxygen atoms in total. The molecule has 0 aliphatic carbocycles. The molecule has 3 N–H and O–H groups in total. The molecule has 1 atom stereocenters. The maximum absolute atomic E-state index is 12.2. The van der Waals surface area contributed by atoms with Crippen molar-refractivity contribution in [1.82, 2.24) is 15.1 Å². The molecule has 156 valence electrons. The van der Waals surface area contributed by atoms with E-state index >= 15 is 0 Å². The van der Waals surface area contributed by atoms with Gasteiger partial charge < -0.3 is 20.5 Å². The Morgan fingerprint density at radius 1 is 1.33 bits per heavy atom. The third-order valence-corrected chi connectivity index (χ3v) is 5.68. The Balaban J connectivity index is 1.28. The number of nitrogens with zero attached hydrogens (tertiary/aromatic N) is 4. The number of hydrogen-bond donors (Lipinski definition) is 2. The molecule has 1 unspecified atom stereocenters. The Kier molecular flexibility index (Phi) is 6.03. The maximum atomic E-state index is 12.2. The van der Waals surface area contributed by atoms with E-state index in [0.717, 1.165) is 30.8 Å². The molecule has 4 heterocycles. The van der Waals surface area contributed by atoms with E-state index < -0.39 is 0 Å². The standard InChI is InChI=1S/C20H22N6O3S/c21-19(28)13-2-1-8-26(11-13)16-4-3-15(10-22-16)23-17(27)5-6-18-24-20(25-29-18)14-7-9-30-12-14/h3-4,7,9-10,12-13H,1-2,5-6,8,11H2,(H2,21,28)(H,23,27). The average Bonchev–Trinajstić information content (AvgIpc) is 3.45. The van der Waals surface area contributed by atoms with Crippen molar-refractivity contribution in [2.24, 2.45) is 11.7 Å². The van der Waals surface area contributed by atoms with Crippen LogP contribution in [0, 0.1) is 5.92 Å². The second-order valence-corrected chi connectivity index (χ2v) is 7.94. The highest BCUT2D eigenvalue weighted by Gasteiger charge is 2.24. The van der Waals surface area contributed by atoms with E-state index in [2.05, 4.69) is 20.4 Å². The number of aryl methyl sites for hydroxylation is 1. The fourth-order valence-corrected chi connectivity index (χ4v) is 4.01. The zero-order valence-electron chi connectivity index (χ0n) is 16.3. The third-order valence-electron chi connectivity index (χ3n) is 4.99. The first kappa shape index (κ1) is 20.0. The molecule has 1 saturated heterocycles. The van der Waals surface area contributed by atoms with Crippen LogP contribution >= 0.6 is 11.3 Å². The van der Waals surface area contributed by atoms with Crippen LogP contribution in [0.15, 0.2) is 39.7 Å². The number of nitrogens with two attached hydrogens (primary N) is 1. The minimum atomic E-state index is -0.271. The Labute approximate surface area is 177 Å². The van der Waals surface area contributed by atoms with Gasteiger partial charge in [0.15, 0.2) is 0 Å². The predicted molar refractivity (Wildman–Crippen MR) is 113 cm³/mol. The third kappa shape index (κ3) is 4.82. The van der Waals surface area contributed by atoms with Crippen LogP contribution < -0.4 is 16.0 Å². The summed E-state index contributed by atoms with van der Waals surface area (Å²) < 4.78 is 5.21. The molecular formula is C20H22N6O3S. The summed E-state index contributed by atoms with van der Waals surface area (Å²) in [4.78, 5) is 34.5. The fraction of sp³-hybridized carbons (Fsp3) is 0.350. The van der Waals surface area contributed by atoms with Crippen LogP contribution in [-0.2, 0) is 16.0 Å². The Bertz CT molecular complexity index is 1000. The number of pyridine rings is 1. The quantitative estimate of drug-likeness (QED) is 0.594. The molecular weight excluding hydrogens is 404 g/mol. The second kappa shape index (κ2) is 9.04. The molecule has 1 fully saturated rings. The number of anilines is 2. The second-order valence-electron chi connectivity index (χ2n) is 7.16. The largest absolute Gasteiger partial charge is 0.369 e. The lowest BCUT2D eigenvalue weighted by atomic mass is 9.97. The summed E-state index contributed by atoms with van der Waals surface area (Å²) in [5, 5.41) is 10.6. The topological polar surface area (TPSA) is 127 Å². The van der Waals surface area contributed by atoms with Crippen LogP contribution in [0.5, 0.6) is 0 Å². The molecule has 10 heteroatoms. The predicted octanol–water partition coefficient (Wildman–Crippen LogP) is 2.47. The molecule has 0 aromatic carbocycles. The van der Waals surface area contributed by atoms with Gasteiger partial charge in [0.2, 0.25) is 23.5 Å². The van der Waals surface area contributed by atoms with Crippen molar-refractivity contribution in [2.45, 2.75) is 25.7 Å². The van der Waals surface area contributed by atoms with Crippen molar-refractivity contribution in [3.8, 4) is 11.4 Å². The monoisotopic (exact) mass is 426 g/mol. The van der Waals surface area contributed by atoms with E-state index in [-0.39, 0.29) is 24.2 Å². The van der Waals surface area contributed by atoms with Gasteiger partial charge in [0.25, 0.3) is 0 Å². The lowest BCUT2D eigenvalue weighted by Crippen LogP contribution is -2.41.